The molecule has 0 saturated carbocycles. The van der Waals surface area contributed by atoms with Crippen molar-refractivity contribution in [3.63, 3.8) is 0 Å². The average Bonchev–Trinajstić information content (AvgIpc) is 3.22. The molecule has 0 aromatic rings. The van der Waals surface area contributed by atoms with Crippen LogP contribution in [-0.2, 0) is 38.3 Å². The molecule has 0 aromatic carbocycles. The van der Waals surface area contributed by atoms with Gasteiger partial charge < -0.3 is 34.3 Å². The lowest BCUT2D eigenvalue weighted by Gasteiger charge is -2.41. The molecule has 348 valence electrons. The van der Waals surface area contributed by atoms with E-state index in [4.69, 9.17) is 23.5 Å². The zero-order valence-electron chi connectivity index (χ0n) is 37.0. The molecule has 6 unspecified atom stereocenters. The van der Waals surface area contributed by atoms with E-state index in [0.717, 1.165) is 77.0 Å². The highest BCUT2D eigenvalue weighted by molar-refractivity contribution is 7.80. The van der Waals surface area contributed by atoms with Gasteiger partial charge in [-0.05, 0) is 77.0 Å². The quantitative estimate of drug-likeness (QED) is 0.0199. The Morgan fingerprint density at radius 1 is 0.650 bits per heavy atom. The van der Waals surface area contributed by atoms with Crippen LogP contribution in [0.3, 0.4) is 0 Å². The second-order valence-electron chi connectivity index (χ2n) is 15.6. The molecular formula is C47H82O12S. The Morgan fingerprint density at radius 3 is 1.70 bits per heavy atom. The van der Waals surface area contributed by atoms with Gasteiger partial charge in [-0.25, -0.2) is 4.18 Å². The molecule has 0 spiro atoms. The highest BCUT2D eigenvalue weighted by Gasteiger charge is 2.48. The molecule has 1 heterocycles. The van der Waals surface area contributed by atoms with Crippen LogP contribution in [0.4, 0.5) is 0 Å². The molecule has 1 rings (SSSR count). The molecule has 0 aromatic heterocycles. The number of ether oxygens (including phenoxy) is 4. The number of carbonyl (C=O) groups excluding carboxylic acids is 1. The third kappa shape index (κ3) is 31.6. The highest BCUT2D eigenvalue weighted by Crippen LogP contribution is 2.26. The summed E-state index contributed by atoms with van der Waals surface area (Å²) in [7, 11) is -5.07. The SMILES string of the molecule is CC/C=C\C/C=C\C/C=C\C/C=C\CCCCCOCC(COC1OC(CO)C(O)C(OS(=O)(=O)O)C1O)OC(=O)CCCCCCCCC/C=C\CCCCCCCC. The smallest absolute Gasteiger partial charge is 0.397 e. The van der Waals surface area contributed by atoms with Crippen LogP contribution in [0.5, 0.6) is 0 Å². The van der Waals surface area contributed by atoms with Crippen LogP contribution >= 0.6 is 0 Å². The lowest BCUT2D eigenvalue weighted by Crippen LogP contribution is -2.60. The van der Waals surface area contributed by atoms with Crippen LogP contribution in [0, 0.1) is 0 Å². The lowest BCUT2D eigenvalue weighted by atomic mass is 9.99. The number of carbonyl (C=O) groups is 1. The zero-order chi connectivity index (χ0) is 43.9. The Labute approximate surface area is 363 Å². The molecule has 1 fully saturated rings. The topological polar surface area (TPSA) is 178 Å². The van der Waals surface area contributed by atoms with E-state index in [1.807, 2.05) is 0 Å². The summed E-state index contributed by atoms with van der Waals surface area (Å²) < 4.78 is 59.0. The van der Waals surface area contributed by atoms with Crippen molar-refractivity contribution >= 4 is 16.4 Å². The van der Waals surface area contributed by atoms with Gasteiger partial charge in [0.25, 0.3) is 0 Å². The Balaban J connectivity index is 2.45. The van der Waals surface area contributed by atoms with Gasteiger partial charge in [0, 0.05) is 13.0 Å². The number of hydrogen-bond donors (Lipinski definition) is 4. The summed E-state index contributed by atoms with van der Waals surface area (Å²) in [6, 6.07) is 0. The number of aliphatic hydroxyl groups is 3. The number of rotatable bonds is 39. The fraction of sp³-hybridized carbons (Fsp3) is 0.766. The number of aliphatic hydroxyl groups excluding tert-OH is 3. The molecule has 60 heavy (non-hydrogen) atoms. The number of allylic oxidation sites excluding steroid dienone is 10. The molecule has 0 radical (unpaired) electrons. The van der Waals surface area contributed by atoms with E-state index in [0.29, 0.717) is 13.0 Å². The van der Waals surface area contributed by atoms with Gasteiger partial charge in [-0.1, -0.05) is 145 Å². The molecule has 13 heteroatoms. The maximum absolute atomic E-state index is 12.9. The first-order valence-electron chi connectivity index (χ1n) is 23.0. The molecule has 6 atom stereocenters. The Bertz CT molecular complexity index is 1280. The average molecular weight is 871 g/mol. The summed E-state index contributed by atoms with van der Waals surface area (Å²) in [4.78, 5) is 12.9. The highest BCUT2D eigenvalue weighted by atomic mass is 32.3. The van der Waals surface area contributed by atoms with E-state index in [-0.39, 0.29) is 19.6 Å². The van der Waals surface area contributed by atoms with E-state index >= 15 is 0 Å². The number of esters is 1. The second kappa shape index (κ2) is 38.5. The van der Waals surface area contributed by atoms with E-state index in [9.17, 15) is 28.5 Å². The molecular weight excluding hydrogens is 789 g/mol. The molecule has 4 N–H and O–H groups in total. The first-order valence-corrected chi connectivity index (χ1v) is 24.4. The Hall–Kier alpha value is -2.20. The van der Waals surface area contributed by atoms with Crippen LogP contribution < -0.4 is 0 Å². The van der Waals surface area contributed by atoms with Crippen molar-refractivity contribution in [3.8, 4) is 0 Å². The van der Waals surface area contributed by atoms with Gasteiger partial charge >= 0.3 is 16.4 Å². The van der Waals surface area contributed by atoms with Crippen LogP contribution in [0.1, 0.15) is 168 Å². The third-order valence-corrected chi connectivity index (χ3v) is 10.6. The molecule has 0 aliphatic carbocycles. The Kier molecular flexibility index (Phi) is 35.8. The third-order valence-electron chi connectivity index (χ3n) is 10.1. The van der Waals surface area contributed by atoms with Gasteiger partial charge in [-0.3, -0.25) is 9.35 Å². The molecule has 1 aliphatic heterocycles. The first-order chi connectivity index (χ1) is 29.1. The fourth-order valence-electron chi connectivity index (χ4n) is 6.66. The lowest BCUT2D eigenvalue weighted by molar-refractivity contribution is -0.301. The van der Waals surface area contributed by atoms with E-state index < -0.39 is 59.8 Å². The van der Waals surface area contributed by atoms with Gasteiger partial charge in [-0.15, -0.1) is 0 Å². The minimum Gasteiger partial charge on any atom is -0.457 e. The van der Waals surface area contributed by atoms with Gasteiger partial charge in [0.2, 0.25) is 0 Å². The largest absolute Gasteiger partial charge is 0.457 e. The number of unbranched alkanes of at least 4 members (excludes halogenated alkanes) is 16. The molecule has 1 saturated heterocycles. The molecule has 12 nitrogen and oxygen atoms in total. The summed E-state index contributed by atoms with van der Waals surface area (Å²) in [6.45, 7) is 3.78. The summed E-state index contributed by atoms with van der Waals surface area (Å²) in [6.07, 6.45) is 38.2. The molecule has 1 aliphatic rings. The summed E-state index contributed by atoms with van der Waals surface area (Å²) in [5.74, 6) is -0.417. The maximum atomic E-state index is 12.9. The standard InChI is InChI=1S/C47H82O12S/c1-3-5-7-9-11-13-15-17-19-21-22-24-26-28-30-32-34-36-43(49)57-41(40-56-47-45(51)46(59-60(52,53)54)44(50)42(38-48)58-47)39-55-37-35-33-31-29-27-25-23-20-18-16-14-12-10-8-6-4-2/h6,8,12,14,17-20,25,27,41-42,44-48,50-51H,3-5,7,9-11,13,15-16,21-24,26,28-40H2,1-2H3,(H,52,53,54)/b8-6-,14-12-,19-17-,20-18-,27-25-. The first kappa shape index (κ1) is 55.8. The van der Waals surface area contributed by atoms with Crippen LogP contribution in [-0.4, -0.2) is 97.5 Å². The monoisotopic (exact) mass is 871 g/mol. The summed E-state index contributed by atoms with van der Waals surface area (Å²) in [5.41, 5.74) is 0. The van der Waals surface area contributed by atoms with Crippen molar-refractivity contribution in [3.05, 3.63) is 60.8 Å². The van der Waals surface area contributed by atoms with Crippen molar-refractivity contribution in [2.45, 2.75) is 205 Å². The maximum Gasteiger partial charge on any atom is 0.397 e. The molecule has 0 bridgehead atoms. The predicted molar refractivity (Wildman–Crippen MR) is 239 cm³/mol. The van der Waals surface area contributed by atoms with Crippen LogP contribution in [0.2, 0.25) is 0 Å². The molecule has 0 amide bonds. The fourth-order valence-corrected chi connectivity index (χ4v) is 7.17. The minimum absolute atomic E-state index is 0.0106. The second-order valence-corrected chi connectivity index (χ2v) is 16.7. The van der Waals surface area contributed by atoms with E-state index in [1.165, 1.54) is 64.2 Å². The van der Waals surface area contributed by atoms with Crippen molar-refractivity contribution in [2.24, 2.45) is 0 Å². The summed E-state index contributed by atoms with van der Waals surface area (Å²) >= 11 is 0. The van der Waals surface area contributed by atoms with Crippen molar-refractivity contribution < 1.29 is 56.2 Å². The van der Waals surface area contributed by atoms with Crippen LogP contribution in [0.15, 0.2) is 60.8 Å². The van der Waals surface area contributed by atoms with E-state index in [1.54, 1.807) is 0 Å². The van der Waals surface area contributed by atoms with Crippen molar-refractivity contribution in [1.82, 2.24) is 0 Å². The van der Waals surface area contributed by atoms with Crippen molar-refractivity contribution in [2.75, 3.05) is 26.4 Å². The number of hydrogen-bond acceptors (Lipinski definition) is 11. The van der Waals surface area contributed by atoms with Crippen molar-refractivity contribution in [1.29, 1.82) is 0 Å². The van der Waals surface area contributed by atoms with Gasteiger partial charge in [0.15, 0.2) is 6.29 Å². The van der Waals surface area contributed by atoms with Gasteiger partial charge in [0.1, 0.15) is 30.5 Å². The zero-order valence-corrected chi connectivity index (χ0v) is 37.8. The minimum atomic E-state index is -5.07. The van der Waals surface area contributed by atoms with E-state index in [2.05, 4.69) is 78.8 Å². The normalized spacial score (nSPS) is 20.8. The predicted octanol–water partition coefficient (Wildman–Crippen LogP) is 9.74. The van der Waals surface area contributed by atoms with Crippen LogP contribution in [0.25, 0.3) is 0 Å². The summed E-state index contributed by atoms with van der Waals surface area (Å²) in [5, 5.41) is 30.7. The Morgan fingerprint density at radius 2 is 1.15 bits per heavy atom. The van der Waals surface area contributed by atoms with Gasteiger partial charge in [-0.2, -0.15) is 8.42 Å². The van der Waals surface area contributed by atoms with Gasteiger partial charge in [0.05, 0.1) is 19.8 Å².